The number of carbonyl (C=O) groups excluding carboxylic acids is 3. The van der Waals surface area contributed by atoms with E-state index in [1.807, 2.05) is 31.2 Å². The smallest absolute Gasteiger partial charge is 0.408 e. The number of alkyl carbamates (subject to hydrolysis) is 1. The molecular formula is C20H31N3O4. The second kappa shape index (κ2) is 11.2. The van der Waals surface area contributed by atoms with Crippen LogP contribution in [0.15, 0.2) is 24.3 Å². The Morgan fingerprint density at radius 2 is 1.52 bits per heavy atom. The summed E-state index contributed by atoms with van der Waals surface area (Å²) < 4.78 is 5.04. The molecule has 0 unspecified atom stereocenters. The minimum atomic E-state index is -0.626. The highest BCUT2D eigenvalue weighted by molar-refractivity contribution is 5.82. The van der Waals surface area contributed by atoms with Crippen molar-refractivity contribution in [1.29, 1.82) is 0 Å². The summed E-state index contributed by atoms with van der Waals surface area (Å²) in [5, 5.41) is 7.90. The molecule has 7 nitrogen and oxygen atoms in total. The van der Waals surface area contributed by atoms with E-state index < -0.39 is 11.7 Å². The minimum Gasteiger partial charge on any atom is -0.444 e. The SMILES string of the molecule is Cc1ccc(CCC(=O)NCCCNC(=O)CNC(=O)OC(C)(C)C)cc1. The molecule has 0 atom stereocenters. The number of hydrogen-bond donors (Lipinski definition) is 3. The van der Waals surface area contributed by atoms with Crippen molar-refractivity contribution in [1.82, 2.24) is 16.0 Å². The third kappa shape index (κ3) is 11.6. The zero-order valence-electron chi connectivity index (χ0n) is 16.7. The van der Waals surface area contributed by atoms with Crippen molar-refractivity contribution in [3.63, 3.8) is 0 Å². The van der Waals surface area contributed by atoms with Crippen LogP contribution in [-0.2, 0) is 20.7 Å². The Balaban J connectivity index is 2.05. The summed E-state index contributed by atoms with van der Waals surface area (Å²) in [6.45, 7) is 8.06. The maximum Gasteiger partial charge on any atom is 0.408 e. The average molecular weight is 377 g/mol. The van der Waals surface area contributed by atoms with Crippen LogP contribution >= 0.6 is 0 Å². The number of benzene rings is 1. The molecule has 0 fully saturated rings. The van der Waals surface area contributed by atoms with Crippen LogP contribution in [0.3, 0.4) is 0 Å². The molecule has 0 saturated heterocycles. The van der Waals surface area contributed by atoms with Gasteiger partial charge >= 0.3 is 6.09 Å². The molecule has 7 heteroatoms. The quantitative estimate of drug-likeness (QED) is 0.574. The van der Waals surface area contributed by atoms with Crippen LogP contribution in [0.4, 0.5) is 4.79 Å². The molecule has 3 amide bonds. The van der Waals surface area contributed by atoms with Crippen LogP contribution in [0, 0.1) is 6.92 Å². The van der Waals surface area contributed by atoms with E-state index in [1.165, 1.54) is 5.56 Å². The van der Waals surface area contributed by atoms with E-state index in [0.717, 1.165) is 5.56 Å². The van der Waals surface area contributed by atoms with Gasteiger partial charge in [0.25, 0.3) is 0 Å². The van der Waals surface area contributed by atoms with E-state index in [4.69, 9.17) is 4.74 Å². The third-order valence-electron chi connectivity index (χ3n) is 3.55. The van der Waals surface area contributed by atoms with Crippen molar-refractivity contribution in [3.05, 3.63) is 35.4 Å². The molecule has 150 valence electrons. The fourth-order valence-corrected chi connectivity index (χ4v) is 2.17. The zero-order valence-corrected chi connectivity index (χ0v) is 16.7. The van der Waals surface area contributed by atoms with Crippen LogP contribution in [0.5, 0.6) is 0 Å². The van der Waals surface area contributed by atoms with E-state index in [0.29, 0.717) is 32.4 Å². The Morgan fingerprint density at radius 1 is 0.926 bits per heavy atom. The summed E-state index contributed by atoms with van der Waals surface area (Å²) in [6.07, 6.45) is 1.14. The number of aryl methyl sites for hydroxylation is 2. The maximum absolute atomic E-state index is 11.8. The number of rotatable bonds is 9. The highest BCUT2D eigenvalue weighted by Gasteiger charge is 2.16. The second-order valence-corrected chi connectivity index (χ2v) is 7.39. The molecule has 1 rings (SSSR count). The summed E-state index contributed by atoms with van der Waals surface area (Å²) >= 11 is 0. The van der Waals surface area contributed by atoms with E-state index in [9.17, 15) is 14.4 Å². The van der Waals surface area contributed by atoms with Gasteiger partial charge < -0.3 is 20.7 Å². The number of ether oxygens (including phenoxy) is 1. The lowest BCUT2D eigenvalue weighted by atomic mass is 10.1. The molecule has 0 spiro atoms. The van der Waals surface area contributed by atoms with Gasteiger partial charge in [0.15, 0.2) is 0 Å². The molecule has 0 aromatic heterocycles. The van der Waals surface area contributed by atoms with Gasteiger partial charge in [0.2, 0.25) is 11.8 Å². The summed E-state index contributed by atoms with van der Waals surface area (Å²) in [5.74, 6) is -0.306. The fourth-order valence-electron chi connectivity index (χ4n) is 2.17. The van der Waals surface area contributed by atoms with Crippen molar-refractivity contribution >= 4 is 17.9 Å². The van der Waals surface area contributed by atoms with Gasteiger partial charge in [-0.25, -0.2) is 4.79 Å². The lowest BCUT2D eigenvalue weighted by Gasteiger charge is -2.19. The molecule has 1 aromatic rings. The molecular weight excluding hydrogens is 346 g/mol. The Kier molecular flexibility index (Phi) is 9.33. The molecule has 0 saturated carbocycles. The lowest BCUT2D eigenvalue weighted by molar-refractivity contribution is -0.121. The van der Waals surface area contributed by atoms with Gasteiger partial charge in [0, 0.05) is 19.5 Å². The first-order chi connectivity index (χ1) is 12.7. The molecule has 27 heavy (non-hydrogen) atoms. The molecule has 0 bridgehead atoms. The first-order valence-corrected chi connectivity index (χ1v) is 9.21. The van der Waals surface area contributed by atoms with E-state index in [2.05, 4.69) is 16.0 Å². The van der Waals surface area contributed by atoms with Gasteiger partial charge in [-0.05, 0) is 46.1 Å². The lowest BCUT2D eigenvalue weighted by Crippen LogP contribution is -2.40. The van der Waals surface area contributed by atoms with Gasteiger partial charge in [-0.1, -0.05) is 29.8 Å². The number of hydrogen-bond acceptors (Lipinski definition) is 4. The number of amides is 3. The van der Waals surface area contributed by atoms with Crippen molar-refractivity contribution < 1.29 is 19.1 Å². The van der Waals surface area contributed by atoms with Gasteiger partial charge in [-0.3, -0.25) is 9.59 Å². The van der Waals surface area contributed by atoms with Crippen LogP contribution < -0.4 is 16.0 Å². The monoisotopic (exact) mass is 377 g/mol. The largest absolute Gasteiger partial charge is 0.444 e. The number of carbonyl (C=O) groups is 3. The minimum absolute atomic E-state index is 0.00602. The predicted molar refractivity (Wildman–Crippen MR) is 104 cm³/mol. The number of nitrogens with one attached hydrogen (secondary N) is 3. The molecule has 0 heterocycles. The first-order valence-electron chi connectivity index (χ1n) is 9.21. The van der Waals surface area contributed by atoms with Crippen LogP contribution in [0.1, 0.15) is 44.7 Å². The third-order valence-corrected chi connectivity index (χ3v) is 3.55. The molecule has 0 aliphatic heterocycles. The molecule has 0 aliphatic rings. The fraction of sp³-hybridized carbons (Fsp3) is 0.550. The average Bonchev–Trinajstić information content (AvgIpc) is 2.57. The summed E-state index contributed by atoms with van der Waals surface area (Å²) in [5.41, 5.74) is 1.74. The van der Waals surface area contributed by atoms with Crippen LogP contribution in [0.25, 0.3) is 0 Å². The van der Waals surface area contributed by atoms with Gasteiger partial charge in [0.1, 0.15) is 5.60 Å². The Bertz CT molecular complexity index is 621. The summed E-state index contributed by atoms with van der Waals surface area (Å²) in [4.78, 5) is 34.9. The van der Waals surface area contributed by atoms with E-state index in [1.54, 1.807) is 20.8 Å². The van der Waals surface area contributed by atoms with Crippen molar-refractivity contribution in [2.24, 2.45) is 0 Å². The highest BCUT2D eigenvalue weighted by atomic mass is 16.6. The highest BCUT2D eigenvalue weighted by Crippen LogP contribution is 2.06. The first kappa shape index (κ1) is 22.5. The zero-order chi connectivity index (χ0) is 20.3. The predicted octanol–water partition coefficient (Wildman–Crippen LogP) is 2.07. The van der Waals surface area contributed by atoms with Crippen LogP contribution in [0.2, 0.25) is 0 Å². The van der Waals surface area contributed by atoms with Crippen molar-refractivity contribution in [2.75, 3.05) is 19.6 Å². The molecule has 0 aliphatic carbocycles. The standard InChI is InChI=1S/C20H31N3O4/c1-15-6-8-16(9-7-15)10-11-17(24)21-12-5-13-22-18(25)14-23-19(26)27-20(2,3)4/h6-9H,5,10-14H2,1-4H3,(H,21,24)(H,22,25)(H,23,26). The van der Waals surface area contributed by atoms with Crippen molar-refractivity contribution in [2.45, 2.75) is 52.6 Å². The van der Waals surface area contributed by atoms with Gasteiger partial charge in [-0.15, -0.1) is 0 Å². The Labute approximate surface area is 161 Å². The molecule has 3 N–H and O–H groups in total. The Hall–Kier alpha value is -2.57. The maximum atomic E-state index is 11.8. The van der Waals surface area contributed by atoms with E-state index >= 15 is 0 Å². The van der Waals surface area contributed by atoms with Crippen molar-refractivity contribution in [3.8, 4) is 0 Å². The Morgan fingerprint density at radius 3 is 2.11 bits per heavy atom. The van der Waals surface area contributed by atoms with E-state index in [-0.39, 0.29) is 18.4 Å². The molecule has 1 aromatic carbocycles. The van der Waals surface area contributed by atoms with Gasteiger partial charge in [0.05, 0.1) is 6.54 Å². The summed E-state index contributed by atoms with van der Waals surface area (Å²) in [6, 6.07) is 8.13. The topological polar surface area (TPSA) is 96.5 Å². The van der Waals surface area contributed by atoms with Crippen LogP contribution in [-0.4, -0.2) is 43.1 Å². The summed E-state index contributed by atoms with van der Waals surface area (Å²) in [7, 11) is 0. The van der Waals surface area contributed by atoms with Gasteiger partial charge in [-0.2, -0.15) is 0 Å². The normalized spacial score (nSPS) is 10.8. The molecule has 0 radical (unpaired) electrons. The second-order valence-electron chi connectivity index (χ2n) is 7.39.